The first-order valence-electron chi connectivity index (χ1n) is 2.58. The van der Waals surface area contributed by atoms with Crippen LogP contribution < -0.4 is 0 Å². The summed E-state index contributed by atoms with van der Waals surface area (Å²) in [4.78, 5) is 0. The van der Waals surface area contributed by atoms with Gasteiger partial charge in [-0.25, -0.2) is 13.2 Å². The number of rotatable bonds is 0. The Morgan fingerprint density at radius 1 is 0.714 bits per heavy atom. The maximum Gasteiger partial charge on any atom is 0.450 e. The van der Waals surface area contributed by atoms with E-state index in [1.54, 1.807) is 0 Å². The third-order valence-electron chi connectivity index (χ3n) is 0.495. The largest absolute Gasteiger partial charge is 0.450 e. The quantitative estimate of drug-likeness (QED) is 0.455. The third kappa shape index (κ3) is 9.75. The summed E-state index contributed by atoms with van der Waals surface area (Å²) in [5.41, 5.74) is -3.23. The number of hydrogen-bond acceptors (Lipinski definition) is 0. The van der Waals surface area contributed by atoms with E-state index >= 15 is 0 Å². The highest BCUT2D eigenvalue weighted by Gasteiger charge is 2.40. The van der Waals surface area contributed by atoms with Crippen molar-refractivity contribution >= 4 is 11.6 Å². The molecule has 0 aliphatic heterocycles. The Morgan fingerprint density at radius 3 is 0.857 bits per heavy atom. The Morgan fingerprint density at radius 2 is 0.857 bits per heavy atom. The molecule has 0 spiro atoms. The van der Waals surface area contributed by atoms with Gasteiger partial charge >= 0.3 is 18.8 Å². The molecule has 0 heterocycles. The van der Waals surface area contributed by atoms with E-state index in [2.05, 4.69) is 11.6 Å². The average molecular weight is 256 g/mol. The Bertz CT molecular complexity index is 126. The van der Waals surface area contributed by atoms with Crippen LogP contribution in [-0.2, 0) is 0 Å². The molecule has 1 atom stereocenters. The Hall–Kier alpha value is -0.340. The summed E-state index contributed by atoms with van der Waals surface area (Å²) in [5.74, 6) is 0. The van der Waals surface area contributed by atoms with E-state index in [4.69, 9.17) is 0 Å². The maximum atomic E-state index is 10.8. The van der Waals surface area contributed by atoms with Gasteiger partial charge in [0.25, 0.3) is 5.63 Å². The van der Waals surface area contributed by atoms with Crippen LogP contribution in [0.1, 0.15) is 0 Å². The average Bonchev–Trinajstić information content (AvgIpc) is 1.83. The standard InChI is InChI=1S/C2HClF4.C2HF5/c2*3-1(4)2(5,6)7/h2*1H. The summed E-state index contributed by atoms with van der Waals surface area (Å²) >= 11 is 3.96. The van der Waals surface area contributed by atoms with Gasteiger partial charge in [-0.3, -0.25) is 0 Å². The zero-order chi connectivity index (χ0) is 12.2. The molecule has 0 fully saturated rings. The number of halogens is 10. The molecule has 0 amide bonds. The predicted molar refractivity (Wildman–Crippen MR) is 28.9 cm³/mol. The van der Waals surface area contributed by atoms with Crippen molar-refractivity contribution in [1.82, 2.24) is 0 Å². The van der Waals surface area contributed by atoms with E-state index in [-0.39, 0.29) is 0 Å². The Balaban J connectivity index is 0. The molecule has 0 aromatic heterocycles. The summed E-state index contributed by atoms with van der Waals surface area (Å²) < 4.78 is 95.0. The van der Waals surface area contributed by atoms with Crippen molar-refractivity contribution in [3.05, 3.63) is 0 Å². The first kappa shape index (κ1) is 16.1. The zero-order valence-electron chi connectivity index (χ0n) is 5.93. The fourth-order valence-electron chi connectivity index (χ4n) is 0. The molecule has 0 aromatic rings. The second-order valence-corrected chi connectivity index (χ2v) is 2.07. The lowest BCUT2D eigenvalue weighted by molar-refractivity contribution is -0.219. The SMILES string of the molecule is FC(Cl)C(F)(F)F.FC(F)C(F)(F)F. The van der Waals surface area contributed by atoms with Crippen molar-refractivity contribution in [1.29, 1.82) is 0 Å². The van der Waals surface area contributed by atoms with Crippen LogP contribution in [0.5, 0.6) is 0 Å². The normalized spacial score (nSPS) is 14.8. The van der Waals surface area contributed by atoms with Gasteiger partial charge < -0.3 is 0 Å². The van der Waals surface area contributed by atoms with Gasteiger partial charge in [0, 0.05) is 0 Å². The van der Waals surface area contributed by atoms with E-state index in [9.17, 15) is 39.5 Å². The van der Waals surface area contributed by atoms with Crippen molar-refractivity contribution in [2.75, 3.05) is 0 Å². The van der Waals surface area contributed by atoms with Gasteiger partial charge in [0.15, 0.2) is 0 Å². The molecule has 0 radical (unpaired) electrons. The first-order chi connectivity index (χ1) is 5.89. The molecule has 1 unspecified atom stereocenters. The van der Waals surface area contributed by atoms with Gasteiger partial charge in [-0.05, 0) is 0 Å². The van der Waals surface area contributed by atoms with Crippen LogP contribution in [0, 0.1) is 0 Å². The molecular formula is C4H2ClF9. The second-order valence-electron chi connectivity index (χ2n) is 1.68. The minimum Gasteiger partial charge on any atom is -0.220 e. The van der Waals surface area contributed by atoms with Crippen LogP contribution in [0.2, 0.25) is 0 Å². The van der Waals surface area contributed by atoms with Crippen molar-refractivity contribution in [3.8, 4) is 0 Å². The highest BCUT2D eigenvalue weighted by molar-refractivity contribution is 6.20. The lowest BCUT2D eigenvalue weighted by atomic mass is 10.7. The van der Waals surface area contributed by atoms with Crippen LogP contribution in [0.3, 0.4) is 0 Å². The fourth-order valence-corrected chi connectivity index (χ4v) is 0. The Labute approximate surface area is 76.6 Å². The highest BCUT2D eigenvalue weighted by Crippen LogP contribution is 2.25. The monoisotopic (exact) mass is 256 g/mol. The second kappa shape index (κ2) is 5.52. The molecule has 0 saturated heterocycles. The number of alkyl halides is 10. The molecule has 0 aromatic carbocycles. The molecule has 0 aliphatic rings. The zero-order valence-corrected chi connectivity index (χ0v) is 6.69. The van der Waals surface area contributed by atoms with Crippen LogP contribution >= 0.6 is 11.6 Å². The lowest BCUT2D eigenvalue weighted by Crippen LogP contribution is -2.18. The van der Waals surface area contributed by atoms with Crippen LogP contribution in [-0.4, -0.2) is 24.4 Å². The smallest absolute Gasteiger partial charge is 0.220 e. The molecule has 0 nitrogen and oxygen atoms in total. The van der Waals surface area contributed by atoms with Crippen molar-refractivity contribution in [2.45, 2.75) is 24.4 Å². The minimum atomic E-state index is -5.33. The first-order valence-corrected chi connectivity index (χ1v) is 3.02. The molecule has 14 heavy (non-hydrogen) atoms. The van der Waals surface area contributed by atoms with Gasteiger partial charge in [-0.1, -0.05) is 11.6 Å². The summed E-state index contributed by atoms with van der Waals surface area (Å²) in [6.45, 7) is 0. The summed E-state index contributed by atoms with van der Waals surface area (Å²) in [7, 11) is 0. The van der Waals surface area contributed by atoms with Gasteiger partial charge in [-0.15, -0.1) is 0 Å². The minimum absolute atomic E-state index is 3.23. The van der Waals surface area contributed by atoms with E-state index in [0.29, 0.717) is 0 Å². The van der Waals surface area contributed by atoms with Crippen LogP contribution in [0.4, 0.5) is 39.5 Å². The lowest BCUT2D eigenvalue weighted by Gasteiger charge is -2.01. The van der Waals surface area contributed by atoms with Gasteiger partial charge in [-0.2, -0.15) is 26.3 Å². The highest BCUT2D eigenvalue weighted by atomic mass is 35.5. The van der Waals surface area contributed by atoms with Crippen LogP contribution in [0.15, 0.2) is 0 Å². The van der Waals surface area contributed by atoms with E-state index in [1.165, 1.54) is 0 Å². The molecular weight excluding hydrogens is 254 g/mol. The Kier molecular flexibility index (Phi) is 6.35. The summed E-state index contributed by atoms with van der Waals surface area (Å²) in [5, 5.41) is 0. The summed E-state index contributed by atoms with van der Waals surface area (Å²) in [6.07, 6.45) is -14.4. The molecule has 0 saturated carbocycles. The molecule has 10 heteroatoms. The third-order valence-corrected chi connectivity index (χ3v) is 0.742. The van der Waals surface area contributed by atoms with Gasteiger partial charge in [0.1, 0.15) is 0 Å². The summed E-state index contributed by atoms with van der Waals surface area (Å²) in [6, 6.07) is 0. The van der Waals surface area contributed by atoms with Crippen molar-refractivity contribution < 1.29 is 39.5 Å². The molecule has 0 aliphatic carbocycles. The molecule has 88 valence electrons. The molecule has 0 N–H and O–H groups in total. The molecule has 0 bridgehead atoms. The van der Waals surface area contributed by atoms with Gasteiger partial charge in [0.05, 0.1) is 0 Å². The van der Waals surface area contributed by atoms with E-state index < -0.39 is 24.4 Å². The topological polar surface area (TPSA) is 0 Å². The van der Waals surface area contributed by atoms with Crippen molar-refractivity contribution in [2.24, 2.45) is 0 Å². The number of hydrogen-bond donors (Lipinski definition) is 0. The van der Waals surface area contributed by atoms with Crippen molar-refractivity contribution in [3.63, 3.8) is 0 Å². The predicted octanol–water partition coefficient (Wildman–Crippen LogP) is 3.90. The van der Waals surface area contributed by atoms with E-state index in [1.807, 2.05) is 0 Å². The maximum absolute atomic E-state index is 10.8. The van der Waals surface area contributed by atoms with E-state index in [0.717, 1.165) is 0 Å². The van der Waals surface area contributed by atoms with Gasteiger partial charge in [0.2, 0.25) is 0 Å². The molecule has 0 rings (SSSR count). The van der Waals surface area contributed by atoms with Crippen LogP contribution in [0.25, 0.3) is 0 Å². The fraction of sp³-hybridized carbons (Fsp3) is 1.00.